The van der Waals surface area contributed by atoms with Crippen LogP contribution in [-0.4, -0.2) is 33.9 Å². The molecule has 2 atom stereocenters. The van der Waals surface area contributed by atoms with E-state index in [1.165, 1.54) is 18.2 Å². The predicted octanol–water partition coefficient (Wildman–Crippen LogP) is 4.57. The average Bonchev–Trinajstić information content (AvgIpc) is 2.80. The number of rotatable bonds is 7. The first kappa shape index (κ1) is 22.4. The van der Waals surface area contributed by atoms with E-state index in [2.05, 4.69) is 12.2 Å². The van der Waals surface area contributed by atoms with E-state index in [0.29, 0.717) is 34.3 Å². The third-order valence-electron chi connectivity index (χ3n) is 5.94. The summed E-state index contributed by atoms with van der Waals surface area (Å²) in [7, 11) is 0. The molecule has 32 heavy (non-hydrogen) atoms. The van der Waals surface area contributed by atoms with Crippen LogP contribution < -0.4 is 15.6 Å². The van der Waals surface area contributed by atoms with Gasteiger partial charge < -0.3 is 10.1 Å². The molecule has 3 aromatic rings. The van der Waals surface area contributed by atoms with Gasteiger partial charge in [0, 0.05) is 6.04 Å². The van der Waals surface area contributed by atoms with Gasteiger partial charge in [0.1, 0.15) is 5.75 Å². The molecule has 1 heterocycles. The van der Waals surface area contributed by atoms with Crippen molar-refractivity contribution in [3.05, 3.63) is 58.9 Å². The zero-order valence-corrected chi connectivity index (χ0v) is 19.4. The SMILES string of the molecule is CCOc1ccc(-n2c(SCC(=O)N[C@H]3CCCC[C@H]3C)nc3ccccc3c2=O)cc1. The normalized spacial score (nSPS) is 18.4. The highest BCUT2D eigenvalue weighted by atomic mass is 32.2. The van der Waals surface area contributed by atoms with Gasteiger partial charge in [0.25, 0.3) is 5.56 Å². The first-order valence-corrected chi connectivity index (χ1v) is 12.2. The molecule has 4 rings (SSSR count). The topological polar surface area (TPSA) is 73.2 Å². The van der Waals surface area contributed by atoms with Crippen molar-refractivity contribution in [2.75, 3.05) is 12.4 Å². The van der Waals surface area contributed by atoms with Gasteiger partial charge in [-0.1, -0.05) is 43.7 Å². The Hall–Kier alpha value is -2.80. The summed E-state index contributed by atoms with van der Waals surface area (Å²) >= 11 is 1.29. The summed E-state index contributed by atoms with van der Waals surface area (Å²) in [5, 5.41) is 4.23. The van der Waals surface area contributed by atoms with Gasteiger partial charge in [-0.15, -0.1) is 0 Å². The van der Waals surface area contributed by atoms with Gasteiger partial charge in [-0.3, -0.25) is 14.2 Å². The Morgan fingerprint density at radius 1 is 1.16 bits per heavy atom. The Morgan fingerprint density at radius 3 is 2.66 bits per heavy atom. The minimum atomic E-state index is -0.149. The fourth-order valence-corrected chi connectivity index (χ4v) is 5.03. The van der Waals surface area contributed by atoms with Crippen LogP contribution >= 0.6 is 11.8 Å². The van der Waals surface area contributed by atoms with Gasteiger partial charge in [-0.05, 0) is 62.1 Å². The minimum absolute atomic E-state index is 0.0191. The van der Waals surface area contributed by atoms with Gasteiger partial charge in [0.15, 0.2) is 5.16 Å². The Balaban J connectivity index is 1.61. The molecular formula is C25H29N3O3S. The molecule has 0 spiro atoms. The van der Waals surface area contributed by atoms with Gasteiger partial charge in [0.2, 0.25) is 5.91 Å². The summed E-state index contributed by atoms with van der Waals surface area (Å²) < 4.78 is 7.11. The molecule has 0 saturated heterocycles. The van der Waals surface area contributed by atoms with Crippen molar-refractivity contribution in [1.82, 2.24) is 14.9 Å². The number of nitrogens with zero attached hydrogens (tertiary/aromatic N) is 2. The fourth-order valence-electron chi connectivity index (χ4n) is 4.20. The Morgan fingerprint density at radius 2 is 1.91 bits per heavy atom. The van der Waals surface area contributed by atoms with Gasteiger partial charge in [0.05, 0.1) is 29.0 Å². The maximum Gasteiger partial charge on any atom is 0.266 e. The highest BCUT2D eigenvalue weighted by Crippen LogP contribution is 2.25. The quantitative estimate of drug-likeness (QED) is 0.421. The third-order valence-corrected chi connectivity index (χ3v) is 6.88. The lowest BCUT2D eigenvalue weighted by Crippen LogP contribution is -2.41. The van der Waals surface area contributed by atoms with Crippen LogP contribution in [0.15, 0.2) is 58.5 Å². The molecule has 6 nitrogen and oxygen atoms in total. The average molecular weight is 452 g/mol. The molecule has 0 bridgehead atoms. The zero-order chi connectivity index (χ0) is 22.5. The van der Waals surface area contributed by atoms with E-state index in [0.717, 1.165) is 25.0 Å². The Bertz CT molecular complexity index is 1140. The Kier molecular flexibility index (Phi) is 7.15. The smallest absolute Gasteiger partial charge is 0.266 e. The van der Waals surface area contributed by atoms with Crippen molar-refractivity contribution in [1.29, 1.82) is 0 Å². The second kappa shape index (κ2) is 10.2. The number of fused-ring (bicyclic) bond motifs is 1. The second-order valence-corrected chi connectivity index (χ2v) is 9.15. The molecule has 1 aromatic heterocycles. The molecular weight excluding hydrogens is 422 g/mol. The predicted molar refractivity (Wildman–Crippen MR) is 129 cm³/mol. The lowest BCUT2D eigenvalue weighted by molar-refractivity contribution is -0.119. The van der Waals surface area contributed by atoms with E-state index in [4.69, 9.17) is 9.72 Å². The van der Waals surface area contributed by atoms with Crippen LogP contribution in [0, 0.1) is 5.92 Å². The second-order valence-electron chi connectivity index (χ2n) is 8.20. The summed E-state index contributed by atoms with van der Waals surface area (Å²) in [5.74, 6) is 1.44. The molecule has 1 aliphatic carbocycles. The summed E-state index contributed by atoms with van der Waals surface area (Å²) in [6, 6.07) is 14.9. The molecule has 0 radical (unpaired) electrons. The minimum Gasteiger partial charge on any atom is -0.494 e. The largest absolute Gasteiger partial charge is 0.494 e. The number of para-hydroxylation sites is 1. The van der Waals surface area contributed by atoms with E-state index in [1.54, 1.807) is 10.6 Å². The van der Waals surface area contributed by atoms with Crippen molar-refractivity contribution < 1.29 is 9.53 Å². The summed E-state index contributed by atoms with van der Waals surface area (Å²) in [6.07, 6.45) is 4.58. The summed E-state index contributed by atoms with van der Waals surface area (Å²) in [5.41, 5.74) is 1.17. The highest BCUT2D eigenvalue weighted by Gasteiger charge is 2.23. The van der Waals surface area contributed by atoms with Crippen molar-refractivity contribution in [2.45, 2.75) is 50.7 Å². The molecule has 0 aliphatic heterocycles. The van der Waals surface area contributed by atoms with Crippen LogP contribution in [0.1, 0.15) is 39.5 Å². The van der Waals surface area contributed by atoms with E-state index >= 15 is 0 Å². The van der Waals surface area contributed by atoms with Crippen molar-refractivity contribution >= 4 is 28.6 Å². The fraction of sp³-hybridized carbons (Fsp3) is 0.400. The number of carbonyl (C=O) groups excluding carboxylic acids is 1. The Labute approximate surface area is 192 Å². The molecule has 168 valence electrons. The number of ether oxygens (including phenoxy) is 1. The number of amides is 1. The monoisotopic (exact) mass is 451 g/mol. The van der Waals surface area contributed by atoms with Crippen molar-refractivity contribution in [3.63, 3.8) is 0 Å². The molecule has 1 saturated carbocycles. The number of benzene rings is 2. The number of hydrogen-bond donors (Lipinski definition) is 1. The molecule has 2 aromatic carbocycles. The lowest BCUT2D eigenvalue weighted by Gasteiger charge is -2.29. The van der Waals surface area contributed by atoms with Crippen LogP contribution in [0.2, 0.25) is 0 Å². The summed E-state index contributed by atoms with van der Waals surface area (Å²) in [4.78, 5) is 30.7. The third kappa shape index (κ3) is 4.99. The van der Waals surface area contributed by atoms with Crippen LogP contribution in [0.3, 0.4) is 0 Å². The van der Waals surface area contributed by atoms with E-state index < -0.39 is 0 Å². The molecule has 0 unspecified atom stereocenters. The van der Waals surface area contributed by atoms with Crippen LogP contribution in [-0.2, 0) is 4.79 Å². The molecule has 1 N–H and O–H groups in total. The zero-order valence-electron chi connectivity index (χ0n) is 18.5. The van der Waals surface area contributed by atoms with E-state index in [-0.39, 0.29) is 23.3 Å². The number of aromatic nitrogens is 2. The van der Waals surface area contributed by atoms with E-state index in [9.17, 15) is 9.59 Å². The number of hydrogen-bond acceptors (Lipinski definition) is 5. The van der Waals surface area contributed by atoms with Gasteiger partial charge in [-0.2, -0.15) is 0 Å². The van der Waals surface area contributed by atoms with E-state index in [1.807, 2.05) is 49.4 Å². The highest BCUT2D eigenvalue weighted by molar-refractivity contribution is 7.99. The molecule has 1 fully saturated rings. The van der Waals surface area contributed by atoms with Gasteiger partial charge in [-0.25, -0.2) is 4.98 Å². The van der Waals surface area contributed by atoms with Crippen molar-refractivity contribution in [2.24, 2.45) is 5.92 Å². The molecule has 1 aliphatic rings. The maximum absolute atomic E-state index is 13.3. The molecule has 7 heteroatoms. The summed E-state index contributed by atoms with van der Waals surface area (Å²) in [6.45, 7) is 4.71. The number of carbonyl (C=O) groups is 1. The van der Waals surface area contributed by atoms with Crippen LogP contribution in [0.25, 0.3) is 16.6 Å². The first-order valence-electron chi connectivity index (χ1n) is 11.2. The molecule has 1 amide bonds. The standard InChI is InChI=1S/C25H29N3O3S/c1-3-31-19-14-12-18(13-15-19)28-24(30)20-9-5-7-11-22(20)27-25(28)32-16-23(29)26-21-10-6-4-8-17(21)2/h5,7,9,11-15,17,21H,3-4,6,8,10,16H2,1-2H3,(H,26,29)/t17-,21+/m1/s1. The lowest BCUT2D eigenvalue weighted by atomic mass is 9.86. The first-order chi connectivity index (χ1) is 15.6. The van der Waals surface area contributed by atoms with Gasteiger partial charge >= 0.3 is 0 Å². The van der Waals surface area contributed by atoms with Crippen LogP contribution in [0.4, 0.5) is 0 Å². The number of thioether (sulfide) groups is 1. The number of nitrogens with one attached hydrogen (secondary N) is 1. The maximum atomic E-state index is 13.3. The van der Waals surface area contributed by atoms with Crippen LogP contribution in [0.5, 0.6) is 5.75 Å². The van der Waals surface area contributed by atoms with Crippen molar-refractivity contribution in [3.8, 4) is 11.4 Å².